The molecule has 0 bridgehead atoms. The zero-order chi connectivity index (χ0) is 13.0. The molecule has 0 saturated carbocycles. The van der Waals surface area contributed by atoms with Crippen LogP contribution in [0.15, 0.2) is 48.5 Å². The summed E-state index contributed by atoms with van der Waals surface area (Å²) >= 11 is 5.92. The van der Waals surface area contributed by atoms with Crippen LogP contribution in [-0.2, 0) is 0 Å². The van der Waals surface area contributed by atoms with Crippen molar-refractivity contribution >= 4 is 17.3 Å². The molecule has 1 unspecified atom stereocenters. The molecule has 0 saturated heterocycles. The van der Waals surface area contributed by atoms with Crippen LogP contribution >= 0.6 is 11.6 Å². The predicted octanol–water partition coefficient (Wildman–Crippen LogP) is 3.59. The highest BCUT2D eigenvalue weighted by Crippen LogP contribution is 2.21. The van der Waals surface area contributed by atoms with Crippen molar-refractivity contribution in [3.8, 4) is 0 Å². The maximum atomic E-state index is 12.9. The van der Waals surface area contributed by atoms with Gasteiger partial charge in [-0.2, -0.15) is 0 Å². The topological polar surface area (TPSA) is 38.0 Å². The summed E-state index contributed by atoms with van der Waals surface area (Å²) in [5.74, 6) is -0.253. The zero-order valence-corrected chi connectivity index (χ0v) is 10.5. The molecule has 4 heteroatoms. The quantitative estimate of drug-likeness (QED) is 0.886. The number of hydrogen-bond donors (Lipinski definition) is 2. The number of rotatable bonds is 4. The fourth-order valence-corrected chi connectivity index (χ4v) is 1.94. The molecule has 0 spiro atoms. The van der Waals surface area contributed by atoms with Gasteiger partial charge in [-0.3, -0.25) is 0 Å². The summed E-state index contributed by atoms with van der Waals surface area (Å²) in [7, 11) is 0. The third kappa shape index (κ3) is 3.22. The Kier molecular flexibility index (Phi) is 4.18. The normalized spacial score (nSPS) is 12.2. The fraction of sp³-hybridized carbons (Fsp3) is 0.143. The minimum absolute atomic E-state index is 0.0657. The first-order chi connectivity index (χ1) is 8.69. The molecule has 2 aromatic carbocycles. The molecule has 0 aliphatic rings. The summed E-state index contributed by atoms with van der Waals surface area (Å²) in [5.41, 5.74) is 7.57. The van der Waals surface area contributed by atoms with Gasteiger partial charge in [0.15, 0.2) is 0 Å². The van der Waals surface area contributed by atoms with Gasteiger partial charge in [-0.25, -0.2) is 4.39 Å². The SMILES string of the molecule is NCC(Nc1cccc(Cl)c1)c1ccc(F)cc1. The van der Waals surface area contributed by atoms with E-state index < -0.39 is 0 Å². The van der Waals surface area contributed by atoms with Crippen LogP contribution in [0.5, 0.6) is 0 Å². The summed E-state index contributed by atoms with van der Waals surface area (Å²) in [6.07, 6.45) is 0. The van der Waals surface area contributed by atoms with Crippen LogP contribution in [0.1, 0.15) is 11.6 Å². The predicted molar refractivity (Wildman–Crippen MR) is 73.3 cm³/mol. The molecule has 0 heterocycles. The van der Waals surface area contributed by atoms with Gasteiger partial charge in [-0.05, 0) is 35.9 Å². The van der Waals surface area contributed by atoms with E-state index in [0.29, 0.717) is 11.6 Å². The second-order valence-electron chi connectivity index (χ2n) is 3.99. The molecular weight excluding hydrogens is 251 g/mol. The Bertz CT molecular complexity index is 513. The molecule has 94 valence electrons. The Morgan fingerprint density at radius 1 is 1.17 bits per heavy atom. The summed E-state index contributed by atoms with van der Waals surface area (Å²) in [6, 6.07) is 13.7. The first kappa shape index (κ1) is 12.9. The molecule has 3 N–H and O–H groups in total. The fourth-order valence-electron chi connectivity index (χ4n) is 1.75. The number of anilines is 1. The molecule has 0 amide bonds. The molecular formula is C14H14ClFN2. The molecule has 0 radical (unpaired) electrons. The van der Waals surface area contributed by atoms with Crippen LogP contribution in [0, 0.1) is 5.82 Å². The minimum Gasteiger partial charge on any atom is -0.377 e. The molecule has 0 aliphatic carbocycles. The molecule has 2 aromatic rings. The number of benzene rings is 2. The van der Waals surface area contributed by atoms with Crippen molar-refractivity contribution in [2.24, 2.45) is 5.73 Å². The first-order valence-corrected chi connectivity index (χ1v) is 6.04. The lowest BCUT2D eigenvalue weighted by molar-refractivity contribution is 0.626. The van der Waals surface area contributed by atoms with Gasteiger partial charge in [-0.1, -0.05) is 29.8 Å². The Morgan fingerprint density at radius 3 is 2.50 bits per heavy atom. The standard InChI is InChI=1S/C14H14ClFN2/c15-11-2-1-3-13(8-11)18-14(9-17)10-4-6-12(16)7-5-10/h1-8,14,18H,9,17H2. The third-order valence-electron chi connectivity index (χ3n) is 2.67. The van der Waals surface area contributed by atoms with Gasteiger partial charge in [0.05, 0.1) is 6.04 Å². The largest absolute Gasteiger partial charge is 0.377 e. The maximum Gasteiger partial charge on any atom is 0.123 e. The van der Waals surface area contributed by atoms with E-state index in [1.807, 2.05) is 24.3 Å². The van der Waals surface area contributed by atoms with Gasteiger partial charge in [0, 0.05) is 17.3 Å². The van der Waals surface area contributed by atoms with Gasteiger partial charge >= 0.3 is 0 Å². The monoisotopic (exact) mass is 264 g/mol. The lowest BCUT2D eigenvalue weighted by atomic mass is 10.1. The second-order valence-corrected chi connectivity index (χ2v) is 4.43. The van der Waals surface area contributed by atoms with Crippen LogP contribution in [0.4, 0.5) is 10.1 Å². The molecule has 0 fully saturated rings. The van der Waals surface area contributed by atoms with Crippen molar-refractivity contribution in [1.82, 2.24) is 0 Å². The van der Waals surface area contributed by atoms with Crippen LogP contribution in [0.2, 0.25) is 5.02 Å². The maximum absolute atomic E-state index is 12.9. The molecule has 0 aliphatic heterocycles. The molecule has 1 atom stereocenters. The summed E-state index contributed by atoms with van der Waals surface area (Å²) in [4.78, 5) is 0. The summed E-state index contributed by atoms with van der Waals surface area (Å²) in [6.45, 7) is 0.415. The van der Waals surface area contributed by atoms with E-state index in [-0.39, 0.29) is 11.9 Å². The lowest BCUT2D eigenvalue weighted by Crippen LogP contribution is -2.20. The lowest BCUT2D eigenvalue weighted by Gasteiger charge is -2.18. The summed E-state index contributed by atoms with van der Waals surface area (Å²) in [5, 5.41) is 3.94. The number of hydrogen-bond acceptors (Lipinski definition) is 2. The zero-order valence-electron chi connectivity index (χ0n) is 9.74. The Labute approximate surface area is 111 Å². The highest BCUT2D eigenvalue weighted by molar-refractivity contribution is 6.30. The Balaban J connectivity index is 2.17. The average Bonchev–Trinajstić information content (AvgIpc) is 2.37. The Hall–Kier alpha value is -1.58. The second kappa shape index (κ2) is 5.85. The van der Waals surface area contributed by atoms with Crippen LogP contribution < -0.4 is 11.1 Å². The molecule has 2 rings (SSSR count). The van der Waals surface area contributed by atoms with Gasteiger partial charge in [-0.15, -0.1) is 0 Å². The van der Waals surface area contributed by atoms with Gasteiger partial charge in [0.25, 0.3) is 0 Å². The van der Waals surface area contributed by atoms with Crippen molar-refractivity contribution in [2.75, 3.05) is 11.9 Å². The number of nitrogens with one attached hydrogen (secondary N) is 1. The average molecular weight is 265 g/mol. The molecule has 0 aromatic heterocycles. The van der Waals surface area contributed by atoms with Crippen molar-refractivity contribution in [3.05, 3.63) is 64.9 Å². The minimum atomic E-state index is -0.253. The van der Waals surface area contributed by atoms with Crippen molar-refractivity contribution < 1.29 is 4.39 Å². The van der Waals surface area contributed by atoms with Gasteiger partial charge in [0.1, 0.15) is 5.82 Å². The molecule has 2 nitrogen and oxygen atoms in total. The van der Waals surface area contributed by atoms with Crippen molar-refractivity contribution in [2.45, 2.75) is 6.04 Å². The van der Waals surface area contributed by atoms with E-state index in [4.69, 9.17) is 17.3 Å². The number of nitrogens with two attached hydrogens (primary N) is 1. The van der Waals surface area contributed by atoms with Crippen molar-refractivity contribution in [1.29, 1.82) is 0 Å². The third-order valence-corrected chi connectivity index (χ3v) is 2.91. The smallest absolute Gasteiger partial charge is 0.123 e. The molecule has 18 heavy (non-hydrogen) atoms. The van der Waals surface area contributed by atoms with Crippen LogP contribution in [-0.4, -0.2) is 6.54 Å². The highest BCUT2D eigenvalue weighted by Gasteiger charge is 2.09. The van der Waals surface area contributed by atoms with Gasteiger partial charge < -0.3 is 11.1 Å². The van der Waals surface area contributed by atoms with Gasteiger partial charge in [0.2, 0.25) is 0 Å². The van der Waals surface area contributed by atoms with Crippen molar-refractivity contribution in [3.63, 3.8) is 0 Å². The van der Waals surface area contributed by atoms with E-state index in [0.717, 1.165) is 11.3 Å². The highest BCUT2D eigenvalue weighted by atomic mass is 35.5. The summed E-state index contributed by atoms with van der Waals surface area (Å²) < 4.78 is 12.9. The van der Waals surface area contributed by atoms with E-state index in [1.54, 1.807) is 12.1 Å². The van der Waals surface area contributed by atoms with E-state index >= 15 is 0 Å². The first-order valence-electron chi connectivity index (χ1n) is 5.66. The van der Waals surface area contributed by atoms with Crippen LogP contribution in [0.3, 0.4) is 0 Å². The van der Waals surface area contributed by atoms with E-state index in [1.165, 1.54) is 12.1 Å². The van der Waals surface area contributed by atoms with Crippen LogP contribution in [0.25, 0.3) is 0 Å². The Morgan fingerprint density at radius 2 is 1.89 bits per heavy atom. The van der Waals surface area contributed by atoms with E-state index in [9.17, 15) is 4.39 Å². The van der Waals surface area contributed by atoms with E-state index in [2.05, 4.69) is 5.32 Å². The number of halogens is 2.